The fraction of sp³-hybridized carbons (Fsp3) is 0.238. The summed E-state index contributed by atoms with van der Waals surface area (Å²) in [5.41, 5.74) is 2.32. The highest BCUT2D eigenvalue weighted by molar-refractivity contribution is 6.09. The van der Waals surface area contributed by atoms with Crippen molar-refractivity contribution in [3.8, 4) is 23.3 Å². The van der Waals surface area contributed by atoms with Crippen molar-refractivity contribution in [2.24, 2.45) is 0 Å². The summed E-state index contributed by atoms with van der Waals surface area (Å²) in [4.78, 5) is 12.5. The second-order valence-electron chi connectivity index (χ2n) is 5.91. The monoisotopic (exact) mass is 364 g/mol. The number of fused-ring (bicyclic) bond motifs is 1. The van der Waals surface area contributed by atoms with Crippen molar-refractivity contribution in [3.05, 3.63) is 53.1 Å². The molecule has 0 fully saturated rings. The number of carbonyl (C=O) groups is 1. The van der Waals surface area contributed by atoms with Crippen molar-refractivity contribution in [1.29, 1.82) is 5.26 Å². The quantitative estimate of drug-likeness (QED) is 0.648. The summed E-state index contributed by atoms with van der Waals surface area (Å²) in [6.45, 7) is 2.98. The maximum absolute atomic E-state index is 12.5. The van der Waals surface area contributed by atoms with Crippen LogP contribution in [-0.2, 0) is 11.2 Å². The molecule has 1 aliphatic heterocycles. The van der Waals surface area contributed by atoms with Crippen LogP contribution in [-0.4, -0.2) is 26.2 Å². The first kappa shape index (κ1) is 18.3. The molecule has 1 N–H and O–H groups in total. The average Bonchev–Trinajstić information content (AvgIpc) is 2.71. The lowest BCUT2D eigenvalue weighted by molar-refractivity contribution is -0.112. The van der Waals surface area contributed by atoms with E-state index in [1.165, 1.54) is 0 Å². The number of nitrogens with one attached hydrogen (secondary N) is 1. The number of aryl methyl sites for hydroxylation is 1. The summed E-state index contributed by atoms with van der Waals surface area (Å²) in [5.74, 6) is 1.52. The summed E-state index contributed by atoms with van der Waals surface area (Å²) in [6.07, 6.45) is 2.35. The number of ether oxygens (including phenoxy) is 3. The number of carbonyl (C=O) groups excluding carboxylic acids is 1. The van der Waals surface area contributed by atoms with Crippen LogP contribution in [0.2, 0.25) is 0 Å². The first-order valence-corrected chi connectivity index (χ1v) is 8.64. The zero-order chi connectivity index (χ0) is 19.2. The fourth-order valence-corrected chi connectivity index (χ4v) is 2.80. The van der Waals surface area contributed by atoms with E-state index in [-0.39, 0.29) is 5.57 Å². The summed E-state index contributed by atoms with van der Waals surface area (Å²) >= 11 is 0. The van der Waals surface area contributed by atoms with Crippen LogP contribution < -0.4 is 19.5 Å². The third-order valence-electron chi connectivity index (χ3n) is 4.16. The van der Waals surface area contributed by atoms with Crippen molar-refractivity contribution >= 4 is 17.7 Å². The lowest BCUT2D eigenvalue weighted by atomic mass is 10.0. The van der Waals surface area contributed by atoms with E-state index in [0.717, 1.165) is 23.3 Å². The van der Waals surface area contributed by atoms with Gasteiger partial charge in [0, 0.05) is 11.8 Å². The molecule has 0 aliphatic carbocycles. The van der Waals surface area contributed by atoms with Crippen LogP contribution in [0, 0.1) is 11.3 Å². The number of hydrogen-bond donors (Lipinski definition) is 1. The lowest BCUT2D eigenvalue weighted by Crippen LogP contribution is -2.17. The molecule has 2 aromatic carbocycles. The third kappa shape index (κ3) is 4.21. The number of benzene rings is 2. The molecule has 0 radical (unpaired) electrons. The van der Waals surface area contributed by atoms with E-state index in [1.54, 1.807) is 31.4 Å². The van der Waals surface area contributed by atoms with Gasteiger partial charge in [-0.05, 0) is 47.9 Å². The molecule has 138 valence electrons. The largest absolute Gasteiger partial charge is 0.496 e. The summed E-state index contributed by atoms with van der Waals surface area (Å²) in [7, 11) is 1.62. The van der Waals surface area contributed by atoms with Crippen molar-refractivity contribution in [2.75, 3.05) is 25.6 Å². The first-order valence-electron chi connectivity index (χ1n) is 8.64. The van der Waals surface area contributed by atoms with Gasteiger partial charge in [-0.3, -0.25) is 4.79 Å². The van der Waals surface area contributed by atoms with Crippen LogP contribution >= 0.6 is 0 Å². The summed E-state index contributed by atoms with van der Waals surface area (Å²) < 4.78 is 16.3. The number of nitriles is 1. The maximum Gasteiger partial charge on any atom is 0.266 e. The number of hydrogen-bond acceptors (Lipinski definition) is 5. The van der Waals surface area contributed by atoms with Crippen LogP contribution in [0.25, 0.3) is 6.08 Å². The van der Waals surface area contributed by atoms with Gasteiger partial charge in [-0.1, -0.05) is 13.0 Å². The van der Waals surface area contributed by atoms with Gasteiger partial charge in [-0.15, -0.1) is 0 Å². The number of rotatable bonds is 5. The molecule has 2 aromatic rings. The van der Waals surface area contributed by atoms with E-state index in [9.17, 15) is 10.1 Å². The molecular formula is C21H20N2O4. The number of methoxy groups -OCH3 is 1. The van der Waals surface area contributed by atoms with Crippen LogP contribution in [0.15, 0.2) is 42.0 Å². The minimum atomic E-state index is -0.483. The van der Waals surface area contributed by atoms with Crippen molar-refractivity contribution in [3.63, 3.8) is 0 Å². The van der Waals surface area contributed by atoms with E-state index in [4.69, 9.17) is 14.2 Å². The van der Waals surface area contributed by atoms with E-state index < -0.39 is 5.91 Å². The van der Waals surface area contributed by atoms with E-state index in [2.05, 4.69) is 5.32 Å². The van der Waals surface area contributed by atoms with Crippen LogP contribution in [0.5, 0.6) is 17.2 Å². The number of amides is 1. The molecule has 0 bridgehead atoms. The number of anilines is 1. The van der Waals surface area contributed by atoms with E-state index >= 15 is 0 Å². The summed E-state index contributed by atoms with van der Waals surface area (Å²) in [6, 6.07) is 12.6. The van der Waals surface area contributed by atoms with Crippen LogP contribution in [0.4, 0.5) is 5.69 Å². The Morgan fingerprint density at radius 3 is 2.70 bits per heavy atom. The molecule has 1 aliphatic rings. The Morgan fingerprint density at radius 2 is 2.00 bits per heavy atom. The standard InChI is InChI=1S/C21H20N2O4/c1-3-15-10-14(4-6-18(15)25-2)11-16(13-22)21(24)23-17-5-7-19-20(12-17)27-9-8-26-19/h4-7,10-12H,3,8-9H2,1-2H3,(H,23,24)/b16-11+. The second kappa shape index (κ2) is 8.28. The molecule has 0 saturated carbocycles. The van der Waals surface area contributed by atoms with Crippen LogP contribution in [0.1, 0.15) is 18.1 Å². The Balaban J connectivity index is 1.80. The third-order valence-corrected chi connectivity index (χ3v) is 4.16. The van der Waals surface area contributed by atoms with Gasteiger partial charge in [-0.25, -0.2) is 0 Å². The molecule has 27 heavy (non-hydrogen) atoms. The highest BCUT2D eigenvalue weighted by Crippen LogP contribution is 2.32. The van der Waals surface area contributed by atoms with Gasteiger partial charge in [0.1, 0.15) is 30.6 Å². The molecule has 0 unspecified atom stereocenters. The Hall–Kier alpha value is -3.46. The molecule has 1 amide bonds. The Morgan fingerprint density at radius 1 is 1.22 bits per heavy atom. The highest BCUT2D eigenvalue weighted by atomic mass is 16.6. The Kier molecular flexibility index (Phi) is 5.62. The Bertz CT molecular complexity index is 928. The predicted octanol–water partition coefficient (Wildman–Crippen LogP) is 3.57. The predicted molar refractivity (Wildman–Crippen MR) is 102 cm³/mol. The zero-order valence-electron chi connectivity index (χ0n) is 15.2. The van der Waals surface area contributed by atoms with E-state index in [0.29, 0.717) is 30.4 Å². The topological polar surface area (TPSA) is 80.6 Å². The molecule has 0 aromatic heterocycles. The zero-order valence-corrected chi connectivity index (χ0v) is 15.2. The second-order valence-corrected chi connectivity index (χ2v) is 5.91. The van der Waals surface area contributed by atoms with Gasteiger partial charge in [0.15, 0.2) is 11.5 Å². The summed E-state index contributed by atoms with van der Waals surface area (Å²) in [5, 5.41) is 12.1. The first-order chi connectivity index (χ1) is 13.1. The van der Waals surface area contributed by atoms with Gasteiger partial charge in [0.25, 0.3) is 5.91 Å². The van der Waals surface area contributed by atoms with Gasteiger partial charge in [0.2, 0.25) is 0 Å². The van der Waals surface area contributed by atoms with Gasteiger partial charge < -0.3 is 19.5 Å². The molecular weight excluding hydrogens is 344 g/mol. The molecule has 6 heteroatoms. The fourth-order valence-electron chi connectivity index (χ4n) is 2.80. The normalized spacial score (nSPS) is 12.9. The Labute approximate surface area is 158 Å². The molecule has 0 saturated heterocycles. The molecule has 0 atom stereocenters. The smallest absolute Gasteiger partial charge is 0.266 e. The molecule has 1 heterocycles. The minimum absolute atomic E-state index is 0.0112. The van der Waals surface area contributed by atoms with Crippen molar-refractivity contribution in [1.82, 2.24) is 0 Å². The molecule has 6 nitrogen and oxygen atoms in total. The van der Waals surface area contributed by atoms with Crippen molar-refractivity contribution in [2.45, 2.75) is 13.3 Å². The van der Waals surface area contributed by atoms with Gasteiger partial charge in [-0.2, -0.15) is 5.26 Å². The maximum atomic E-state index is 12.5. The highest BCUT2D eigenvalue weighted by Gasteiger charge is 2.15. The molecule has 3 rings (SSSR count). The lowest BCUT2D eigenvalue weighted by Gasteiger charge is -2.18. The SMILES string of the molecule is CCc1cc(/C=C(\C#N)C(=O)Nc2ccc3c(c2)OCCO3)ccc1OC. The van der Waals surface area contributed by atoms with Crippen molar-refractivity contribution < 1.29 is 19.0 Å². The number of nitrogens with zero attached hydrogens (tertiary/aromatic N) is 1. The van der Waals surface area contributed by atoms with Crippen LogP contribution in [0.3, 0.4) is 0 Å². The minimum Gasteiger partial charge on any atom is -0.496 e. The van der Waals surface area contributed by atoms with E-state index in [1.807, 2.05) is 31.2 Å². The van der Waals surface area contributed by atoms with Gasteiger partial charge >= 0.3 is 0 Å². The average molecular weight is 364 g/mol. The van der Waals surface area contributed by atoms with Gasteiger partial charge in [0.05, 0.1) is 7.11 Å². The molecule has 0 spiro atoms.